The lowest BCUT2D eigenvalue weighted by atomic mass is 10.1. The highest BCUT2D eigenvalue weighted by atomic mass is 32.1. The van der Waals surface area contributed by atoms with Crippen LogP contribution in [0.3, 0.4) is 0 Å². The summed E-state index contributed by atoms with van der Waals surface area (Å²) in [7, 11) is 0. The molecule has 0 amide bonds. The van der Waals surface area contributed by atoms with Gasteiger partial charge in [-0.3, -0.25) is 4.99 Å². The van der Waals surface area contributed by atoms with Crippen molar-refractivity contribution in [2.75, 3.05) is 19.6 Å². The van der Waals surface area contributed by atoms with Gasteiger partial charge in [-0.15, -0.1) is 11.3 Å². The molecule has 18 heavy (non-hydrogen) atoms. The van der Waals surface area contributed by atoms with Crippen molar-refractivity contribution >= 4 is 27.4 Å². The third kappa shape index (κ3) is 2.48. The third-order valence-electron chi connectivity index (χ3n) is 3.15. The van der Waals surface area contributed by atoms with Crippen LogP contribution in [0.15, 0.2) is 34.6 Å². The van der Waals surface area contributed by atoms with Gasteiger partial charge in [-0.1, -0.05) is 18.2 Å². The Morgan fingerprint density at radius 2 is 2.28 bits per heavy atom. The molecule has 0 fully saturated rings. The Morgan fingerprint density at radius 1 is 1.33 bits per heavy atom. The van der Waals surface area contributed by atoms with E-state index in [9.17, 15) is 0 Å². The van der Waals surface area contributed by atoms with Crippen molar-refractivity contribution in [3.63, 3.8) is 0 Å². The molecule has 94 valence electrons. The van der Waals surface area contributed by atoms with Crippen molar-refractivity contribution in [3.8, 4) is 0 Å². The number of nitrogens with one attached hydrogen (secondary N) is 2. The maximum absolute atomic E-state index is 4.41. The molecule has 2 heterocycles. The maximum atomic E-state index is 4.41. The molecule has 1 aliphatic rings. The van der Waals surface area contributed by atoms with Crippen LogP contribution in [0.25, 0.3) is 10.1 Å². The Kier molecular flexibility index (Phi) is 3.46. The highest BCUT2D eigenvalue weighted by Gasteiger charge is 2.05. The monoisotopic (exact) mass is 259 g/mol. The maximum Gasteiger partial charge on any atom is 0.191 e. The second-order valence-electron chi connectivity index (χ2n) is 4.44. The van der Waals surface area contributed by atoms with Crippen LogP contribution in [-0.4, -0.2) is 25.6 Å². The standard InChI is InChI=1S/C14H17N3S/c1-2-5-13-12(4-1)11(10-18-13)6-9-17-14-15-7-3-8-16-14/h1-2,4-5,10H,3,6-9H2,(H2,15,16,17). The lowest BCUT2D eigenvalue weighted by Gasteiger charge is -2.15. The van der Waals surface area contributed by atoms with E-state index < -0.39 is 0 Å². The SMILES string of the molecule is c1ccc2c(CCNC3=NCCCN3)csc2c1. The summed E-state index contributed by atoms with van der Waals surface area (Å²) in [5.74, 6) is 0.959. The molecule has 0 atom stereocenters. The first-order chi connectivity index (χ1) is 8.93. The minimum absolute atomic E-state index is 0.937. The van der Waals surface area contributed by atoms with Gasteiger partial charge in [0, 0.05) is 24.3 Å². The zero-order valence-electron chi connectivity index (χ0n) is 10.3. The van der Waals surface area contributed by atoms with E-state index in [2.05, 4.69) is 45.3 Å². The van der Waals surface area contributed by atoms with Crippen molar-refractivity contribution in [1.82, 2.24) is 10.6 Å². The minimum atomic E-state index is 0.937. The molecule has 4 heteroatoms. The van der Waals surface area contributed by atoms with Gasteiger partial charge in [0.1, 0.15) is 0 Å². The van der Waals surface area contributed by atoms with Gasteiger partial charge in [-0.05, 0) is 35.2 Å². The van der Waals surface area contributed by atoms with Crippen LogP contribution in [0.1, 0.15) is 12.0 Å². The van der Waals surface area contributed by atoms with Gasteiger partial charge in [0.25, 0.3) is 0 Å². The zero-order valence-corrected chi connectivity index (χ0v) is 11.1. The van der Waals surface area contributed by atoms with Gasteiger partial charge in [-0.25, -0.2) is 0 Å². The first kappa shape index (κ1) is 11.5. The van der Waals surface area contributed by atoms with Crippen LogP contribution in [-0.2, 0) is 6.42 Å². The molecule has 3 nitrogen and oxygen atoms in total. The Hall–Kier alpha value is -1.55. The minimum Gasteiger partial charge on any atom is -0.356 e. The van der Waals surface area contributed by atoms with Gasteiger partial charge in [0.05, 0.1) is 0 Å². The van der Waals surface area contributed by atoms with E-state index in [4.69, 9.17) is 0 Å². The van der Waals surface area contributed by atoms with Gasteiger partial charge in [0.15, 0.2) is 5.96 Å². The van der Waals surface area contributed by atoms with E-state index in [0.717, 1.165) is 38.4 Å². The second-order valence-corrected chi connectivity index (χ2v) is 5.36. The number of hydrogen-bond donors (Lipinski definition) is 2. The fourth-order valence-electron chi connectivity index (χ4n) is 2.19. The normalized spacial score (nSPS) is 15.2. The number of rotatable bonds is 3. The molecule has 1 aromatic carbocycles. The largest absolute Gasteiger partial charge is 0.356 e. The lowest BCUT2D eigenvalue weighted by Crippen LogP contribution is -2.41. The van der Waals surface area contributed by atoms with Crippen molar-refractivity contribution in [2.24, 2.45) is 4.99 Å². The fourth-order valence-corrected chi connectivity index (χ4v) is 3.19. The number of thiophene rings is 1. The Bertz CT molecular complexity index is 559. The highest BCUT2D eigenvalue weighted by molar-refractivity contribution is 7.17. The Balaban J connectivity index is 1.61. The van der Waals surface area contributed by atoms with E-state index in [0.29, 0.717) is 0 Å². The molecule has 2 aromatic rings. The topological polar surface area (TPSA) is 36.4 Å². The molecule has 0 spiro atoms. The number of fused-ring (bicyclic) bond motifs is 1. The van der Waals surface area contributed by atoms with E-state index in [1.807, 2.05) is 11.3 Å². The number of aliphatic imine (C=N–C) groups is 1. The number of hydrogen-bond acceptors (Lipinski definition) is 4. The van der Waals surface area contributed by atoms with Gasteiger partial charge < -0.3 is 10.6 Å². The lowest BCUT2D eigenvalue weighted by molar-refractivity contribution is 0.701. The van der Waals surface area contributed by atoms with Crippen LogP contribution in [0.5, 0.6) is 0 Å². The summed E-state index contributed by atoms with van der Waals surface area (Å²) in [6, 6.07) is 8.60. The van der Waals surface area contributed by atoms with Gasteiger partial charge >= 0.3 is 0 Å². The van der Waals surface area contributed by atoms with Crippen LogP contribution in [0.4, 0.5) is 0 Å². The number of benzene rings is 1. The van der Waals surface area contributed by atoms with Gasteiger partial charge in [0.2, 0.25) is 0 Å². The van der Waals surface area contributed by atoms with Crippen molar-refractivity contribution < 1.29 is 0 Å². The molecule has 0 aliphatic carbocycles. The summed E-state index contributed by atoms with van der Waals surface area (Å²) in [5.41, 5.74) is 1.43. The summed E-state index contributed by atoms with van der Waals surface area (Å²) in [6.07, 6.45) is 2.19. The summed E-state index contributed by atoms with van der Waals surface area (Å²) < 4.78 is 1.38. The van der Waals surface area contributed by atoms with E-state index in [-0.39, 0.29) is 0 Å². The van der Waals surface area contributed by atoms with Gasteiger partial charge in [-0.2, -0.15) is 0 Å². The molecule has 2 N–H and O–H groups in total. The van der Waals surface area contributed by atoms with Crippen molar-refractivity contribution in [2.45, 2.75) is 12.8 Å². The molecular weight excluding hydrogens is 242 g/mol. The average Bonchev–Trinajstić information content (AvgIpc) is 2.84. The second kappa shape index (κ2) is 5.40. The van der Waals surface area contributed by atoms with Crippen molar-refractivity contribution in [1.29, 1.82) is 0 Å². The Labute approximate surface area is 111 Å². The predicted octanol–water partition coefficient (Wildman–Crippen LogP) is 2.38. The fraction of sp³-hybridized carbons (Fsp3) is 0.357. The molecule has 1 aromatic heterocycles. The summed E-state index contributed by atoms with van der Waals surface area (Å²) in [6.45, 7) is 2.91. The molecule has 0 saturated heterocycles. The van der Waals surface area contributed by atoms with Crippen LogP contribution in [0, 0.1) is 0 Å². The van der Waals surface area contributed by atoms with Crippen molar-refractivity contribution in [3.05, 3.63) is 35.2 Å². The zero-order chi connectivity index (χ0) is 12.2. The Morgan fingerprint density at radius 3 is 3.17 bits per heavy atom. The number of nitrogens with zero attached hydrogens (tertiary/aromatic N) is 1. The predicted molar refractivity (Wildman–Crippen MR) is 78.5 cm³/mol. The average molecular weight is 259 g/mol. The summed E-state index contributed by atoms with van der Waals surface area (Å²) in [4.78, 5) is 4.41. The quantitative estimate of drug-likeness (QED) is 0.888. The molecule has 1 aliphatic heterocycles. The smallest absolute Gasteiger partial charge is 0.191 e. The molecule has 0 unspecified atom stereocenters. The molecule has 0 bridgehead atoms. The summed E-state index contributed by atoms with van der Waals surface area (Å²) >= 11 is 1.83. The highest BCUT2D eigenvalue weighted by Crippen LogP contribution is 2.25. The van der Waals surface area contributed by atoms with E-state index in [1.165, 1.54) is 15.6 Å². The third-order valence-corrected chi connectivity index (χ3v) is 4.16. The molecular formula is C14H17N3S. The van der Waals surface area contributed by atoms with E-state index in [1.54, 1.807) is 0 Å². The first-order valence-electron chi connectivity index (χ1n) is 6.41. The van der Waals surface area contributed by atoms with Crippen LogP contribution < -0.4 is 10.6 Å². The van der Waals surface area contributed by atoms with E-state index >= 15 is 0 Å². The van der Waals surface area contributed by atoms with Crippen LogP contribution in [0.2, 0.25) is 0 Å². The summed E-state index contributed by atoms with van der Waals surface area (Å²) in [5, 5.41) is 10.3. The number of guanidine groups is 1. The molecule has 0 saturated carbocycles. The molecule has 3 rings (SSSR count). The molecule has 0 radical (unpaired) electrons. The van der Waals surface area contributed by atoms with Crippen LogP contribution >= 0.6 is 11.3 Å². The first-order valence-corrected chi connectivity index (χ1v) is 7.29.